The van der Waals surface area contributed by atoms with Crippen LogP contribution in [0.1, 0.15) is 0 Å². The summed E-state index contributed by atoms with van der Waals surface area (Å²) < 4.78 is 10.7. The predicted octanol–water partition coefficient (Wildman–Crippen LogP) is 0.938. The highest BCUT2D eigenvalue weighted by atomic mass is 28.3. The van der Waals surface area contributed by atoms with Gasteiger partial charge in [0, 0.05) is 0 Å². The highest BCUT2D eigenvalue weighted by molar-refractivity contribution is 7.27. The molecule has 0 spiro atoms. The van der Waals surface area contributed by atoms with Gasteiger partial charge in [-0.2, -0.15) is 0 Å². The first-order valence-corrected chi connectivity index (χ1v) is 6.91. The zero-order valence-electron chi connectivity index (χ0n) is 6.31. The van der Waals surface area contributed by atoms with Crippen molar-refractivity contribution in [2.75, 3.05) is 13.2 Å². The maximum atomic E-state index is 5.36. The van der Waals surface area contributed by atoms with Crippen molar-refractivity contribution in [2.24, 2.45) is 0 Å². The van der Waals surface area contributed by atoms with E-state index in [1.807, 2.05) is 0 Å². The van der Waals surface area contributed by atoms with Crippen LogP contribution in [0, 0.1) is 0 Å². The monoisotopic (exact) mass is 144 g/mol. The van der Waals surface area contributed by atoms with E-state index < -0.39 is 7.94 Å². The van der Waals surface area contributed by atoms with Crippen LogP contribution in [0.4, 0.5) is 0 Å². The Balaban J connectivity index is 2.42. The van der Waals surface area contributed by atoms with Crippen LogP contribution in [0.5, 0.6) is 0 Å². The molecule has 0 aliphatic carbocycles. The minimum absolute atomic E-state index is 0.150. The van der Waals surface area contributed by atoms with E-state index in [1.54, 1.807) is 0 Å². The van der Waals surface area contributed by atoms with Crippen LogP contribution in [0.3, 0.4) is 0 Å². The van der Waals surface area contributed by atoms with Crippen LogP contribution < -0.4 is 0 Å². The summed E-state index contributed by atoms with van der Waals surface area (Å²) in [5.74, 6) is 0. The van der Waals surface area contributed by atoms with E-state index in [-0.39, 0.29) is 6.71 Å². The van der Waals surface area contributed by atoms with Crippen molar-refractivity contribution < 1.29 is 9.31 Å². The van der Waals surface area contributed by atoms with Crippen LogP contribution in [0.2, 0.25) is 19.6 Å². The van der Waals surface area contributed by atoms with E-state index in [1.165, 1.54) is 0 Å². The van der Waals surface area contributed by atoms with Gasteiger partial charge >= 0.3 is 6.71 Å². The van der Waals surface area contributed by atoms with Crippen molar-refractivity contribution in [2.45, 2.75) is 19.6 Å². The van der Waals surface area contributed by atoms with Gasteiger partial charge in [0.05, 0.1) is 21.2 Å². The summed E-state index contributed by atoms with van der Waals surface area (Å²) in [6.07, 6.45) is 0. The normalized spacial score (nSPS) is 21.0. The molecule has 52 valence electrons. The van der Waals surface area contributed by atoms with Gasteiger partial charge in [-0.05, 0) is 0 Å². The van der Waals surface area contributed by atoms with E-state index in [4.69, 9.17) is 9.31 Å². The summed E-state index contributed by atoms with van der Waals surface area (Å²) >= 11 is 0. The fourth-order valence-electron chi connectivity index (χ4n) is 0.858. The molecular weight excluding hydrogens is 131 g/mol. The number of hydrogen-bond donors (Lipinski definition) is 0. The summed E-state index contributed by atoms with van der Waals surface area (Å²) in [5, 5.41) is 0. The van der Waals surface area contributed by atoms with Gasteiger partial charge in [0.2, 0.25) is 0 Å². The van der Waals surface area contributed by atoms with Gasteiger partial charge in [-0.3, -0.25) is 0 Å². The minimum atomic E-state index is -1.17. The van der Waals surface area contributed by atoms with E-state index in [0.717, 1.165) is 13.2 Å². The van der Waals surface area contributed by atoms with Gasteiger partial charge < -0.3 is 9.31 Å². The van der Waals surface area contributed by atoms with E-state index in [9.17, 15) is 0 Å². The Morgan fingerprint density at radius 2 is 1.56 bits per heavy atom. The van der Waals surface area contributed by atoms with Gasteiger partial charge in [0.25, 0.3) is 0 Å². The lowest BCUT2D eigenvalue weighted by Crippen LogP contribution is -2.43. The molecule has 0 bridgehead atoms. The van der Waals surface area contributed by atoms with E-state index in [0.29, 0.717) is 0 Å². The molecule has 0 radical (unpaired) electrons. The second-order valence-corrected chi connectivity index (χ2v) is 8.64. The minimum Gasteiger partial charge on any atom is -0.412 e. The molecule has 0 aromatic rings. The Labute approximate surface area is 57.6 Å². The molecule has 0 aromatic carbocycles. The SMILES string of the molecule is C[Si](C)(C)B1OCCO1. The van der Waals surface area contributed by atoms with Crippen LogP contribution in [-0.4, -0.2) is 27.9 Å². The van der Waals surface area contributed by atoms with Gasteiger partial charge in [0.1, 0.15) is 0 Å². The largest absolute Gasteiger partial charge is 0.431 e. The number of hydrogen-bond acceptors (Lipinski definition) is 2. The van der Waals surface area contributed by atoms with Crippen LogP contribution >= 0.6 is 0 Å². The molecule has 0 saturated carbocycles. The highest BCUT2D eigenvalue weighted by Gasteiger charge is 2.38. The Morgan fingerprint density at radius 1 is 1.11 bits per heavy atom. The molecule has 1 aliphatic heterocycles. The first kappa shape index (κ1) is 7.31. The quantitative estimate of drug-likeness (QED) is 0.510. The molecule has 2 nitrogen and oxygen atoms in total. The Hall–Kier alpha value is 0.202. The lowest BCUT2D eigenvalue weighted by atomic mass is 10.4. The molecule has 1 heterocycles. The van der Waals surface area contributed by atoms with E-state index >= 15 is 0 Å². The van der Waals surface area contributed by atoms with Gasteiger partial charge in [0.15, 0.2) is 0 Å². The lowest BCUT2D eigenvalue weighted by molar-refractivity contribution is 0.365. The molecule has 1 aliphatic rings. The van der Waals surface area contributed by atoms with Crippen molar-refractivity contribution in [3.05, 3.63) is 0 Å². The molecule has 0 atom stereocenters. The Kier molecular flexibility index (Phi) is 1.98. The number of rotatable bonds is 1. The van der Waals surface area contributed by atoms with E-state index in [2.05, 4.69) is 19.6 Å². The average Bonchev–Trinajstić information content (AvgIpc) is 2.08. The van der Waals surface area contributed by atoms with Crippen molar-refractivity contribution in [1.82, 2.24) is 0 Å². The lowest BCUT2D eigenvalue weighted by Gasteiger charge is -2.16. The Morgan fingerprint density at radius 3 is 1.78 bits per heavy atom. The summed E-state index contributed by atoms with van der Waals surface area (Å²) in [6.45, 7) is 8.48. The summed E-state index contributed by atoms with van der Waals surface area (Å²) in [7, 11) is -1.17. The maximum absolute atomic E-state index is 5.36. The average molecular weight is 144 g/mol. The first-order valence-electron chi connectivity index (χ1n) is 3.34. The molecule has 1 saturated heterocycles. The third kappa shape index (κ3) is 1.81. The summed E-state index contributed by atoms with van der Waals surface area (Å²) in [6, 6.07) is 0. The molecule has 0 amide bonds. The zero-order valence-corrected chi connectivity index (χ0v) is 7.31. The second kappa shape index (κ2) is 2.44. The standard InChI is InChI=1S/C5H13BO2Si/c1-9(2,3)6-7-4-5-8-6/h4-5H2,1-3H3. The van der Waals surface area contributed by atoms with Crippen LogP contribution in [-0.2, 0) is 9.31 Å². The van der Waals surface area contributed by atoms with Crippen molar-refractivity contribution >= 4 is 14.7 Å². The molecule has 0 N–H and O–H groups in total. The predicted molar refractivity (Wildman–Crippen MR) is 41.0 cm³/mol. The molecule has 0 aromatic heterocycles. The van der Waals surface area contributed by atoms with Gasteiger partial charge in [-0.15, -0.1) is 0 Å². The molecule has 4 heteroatoms. The fourth-order valence-corrected chi connectivity index (χ4v) is 2.09. The fraction of sp³-hybridized carbons (Fsp3) is 1.00. The third-order valence-corrected chi connectivity index (χ3v) is 3.08. The third-order valence-electron chi connectivity index (χ3n) is 1.33. The van der Waals surface area contributed by atoms with Crippen molar-refractivity contribution in [1.29, 1.82) is 0 Å². The highest BCUT2D eigenvalue weighted by Crippen LogP contribution is 2.12. The van der Waals surface area contributed by atoms with Gasteiger partial charge in [-0.25, -0.2) is 0 Å². The zero-order chi connectivity index (χ0) is 6.91. The molecule has 1 fully saturated rings. The summed E-state index contributed by atoms with van der Waals surface area (Å²) in [5.41, 5.74) is 0. The molecule has 1 rings (SSSR count). The van der Waals surface area contributed by atoms with Gasteiger partial charge in [-0.1, -0.05) is 19.6 Å². The summed E-state index contributed by atoms with van der Waals surface area (Å²) in [4.78, 5) is 0. The topological polar surface area (TPSA) is 18.5 Å². The van der Waals surface area contributed by atoms with Crippen molar-refractivity contribution in [3.63, 3.8) is 0 Å². The van der Waals surface area contributed by atoms with Crippen LogP contribution in [0.15, 0.2) is 0 Å². The molecular formula is C5H13BO2Si. The first-order chi connectivity index (χ1) is 4.11. The second-order valence-electron chi connectivity index (χ2n) is 3.44. The van der Waals surface area contributed by atoms with Crippen LogP contribution in [0.25, 0.3) is 0 Å². The molecule has 9 heavy (non-hydrogen) atoms. The Bertz CT molecular complexity index is 95.6. The smallest absolute Gasteiger partial charge is 0.412 e. The van der Waals surface area contributed by atoms with Crippen molar-refractivity contribution in [3.8, 4) is 0 Å². The molecule has 0 unspecified atom stereocenters. The maximum Gasteiger partial charge on any atom is 0.431 e.